The van der Waals surface area contributed by atoms with Crippen molar-refractivity contribution >= 4 is 32.7 Å². The fraction of sp³-hybridized carbons (Fsp3) is 0.226. The number of ether oxygens (including phenoxy) is 1. The standard InChI is InChI=1S/C31H30F3N3O5S/c1-19(16-31(32,33)34)17-35-29(38)22-11-12-26-25(14-22)24(18-37(26)3)13-21-9-10-23(15-27(21)42-4)30(39)36-43(40,41)28-8-6-5-7-20(28)2/h5-12,14-16,18H,13,17H2,1-4H3,(H,35,38)(H,36,39)/b19-16-. The van der Waals surface area contributed by atoms with E-state index in [1.807, 2.05) is 17.8 Å². The van der Waals surface area contributed by atoms with Crippen molar-refractivity contribution in [2.45, 2.75) is 31.3 Å². The summed E-state index contributed by atoms with van der Waals surface area (Å²) in [5, 5.41) is 3.27. The molecule has 0 radical (unpaired) electrons. The first-order chi connectivity index (χ1) is 20.2. The molecular formula is C31H30F3N3O5S. The second kappa shape index (κ2) is 12.3. The van der Waals surface area contributed by atoms with Crippen LogP contribution >= 0.6 is 0 Å². The molecule has 2 amide bonds. The first kappa shape index (κ1) is 31.4. The number of alkyl halides is 3. The Morgan fingerprint density at radius 1 is 0.977 bits per heavy atom. The van der Waals surface area contributed by atoms with Crippen molar-refractivity contribution in [3.05, 3.63) is 106 Å². The minimum atomic E-state index is -4.46. The van der Waals surface area contributed by atoms with Crippen molar-refractivity contribution in [3.63, 3.8) is 0 Å². The van der Waals surface area contributed by atoms with Crippen LogP contribution in [0.5, 0.6) is 5.75 Å². The molecule has 0 aliphatic carbocycles. The van der Waals surface area contributed by atoms with E-state index in [0.717, 1.165) is 16.5 Å². The molecule has 4 aromatic rings. The molecular weight excluding hydrogens is 583 g/mol. The highest BCUT2D eigenvalue weighted by Gasteiger charge is 2.24. The highest BCUT2D eigenvalue weighted by molar-refractivity contribution is 7.90. The number of halogens is 3. The third kappa shape index (κ3) is 7.44. The molecule has 0 saturated heterocycles. The molecule has 0 aliphatic rings. The second-order valence-electron chi connectivity index (χ2n) is 10.1. The number of hydrogen-bond acceptors (Lipinski definition) is 5. The SMILES string of the molecule is COc1cc(C(=O)NS(=O)(=O)c2ccccc2C)ccc1Cc1cn(C)c2ccc(C(=O)NC/C(C)=C\C(F)(F)F)cc12. The predicted octanol–water partition coefficient (Wildman–Crippen LogP) is 5.44. The maximum Gasteiger partial charge on any atom is 0.409 e. The highest BCUT2D eigenvalue weighted by Crippen LogP contribution is 2.29. The van der Waals surface area contributed by atoms with E-state index in [-0.39, 0.29) is 34.2 Å². The van der Waals surface area contributed by atoms with Crippen LogP contribution in [0, 0.1) is 6.92 Å². The van der Waals surface area contributed by atoms with E-state index in [4.69, 9.17) is 4.74 Å². The van der Waals surface area contributed by atoms with Crippen molar-refractivity contribution in [1.29, 1.82) is 0 Å². The number of hydrogen-bond donors (Lipinski definition) is 2. The van der Waals surface area contributed by atoms with Crippen molar-refractivity contribution in [2.75, 3.05) is 13.7 Å². The Bertz CT molecular complexity index is 1840. The van der Waals surface area contributed by atoms with E-state index < -0.39 is 28.0 Å². The van der Waals surface area contributed by atoms with Gasteiger partial charge in [0.2, 0.25) is 0 Å². The number of sulfonamides is 1. The molecule has 1 heterocycles. The van der Waals surface area contributed by atoms with E-state index >= 15 is 0 Å². The van der Waals surface area contributed by atoms with Crippen LogP contribution in [-0.4, -0.2) is 44.6 Å². The maximum absolute atomic E-state index is 12.9. The Hall–Kier alpha value is -4.58. The normalized spacial score (nSPS) is 12.3. The highest BCUT2D eigenvalue weighted by atomic mass is 32.2. The van der Waals surface area contributed by atoms with E-state index in [2.05, 4.69) is 10.0 Å². The van der Waals surface area contributed by atoms with Crippen molar-refractivity contribution in [3.8, 4) is 5.75 Å². The van der Waals surface area contributed by atoms with Gasteiger partial charge in [0.15, 0.2) is 0 Å². The number of carbonyl (C=O) groups is 2. The summed E-state index contributed by atoms with van der Waals surface area (Å²) in [4.78, 5) is 25.6. The van der Waals surface area contributed by atoms with Crippen LogP contribution < -0.4 is 14.8 Å². The molecule has 0 atom stereocenters. The smallest absolute Gasteiger partial charge is 0.409 e. The summed E-state index contributed by atoms with van der Waals surface area (Å²) in [5.41, 5.74) is 3.21. The van der Waals surface area contributed by atoms with Gasteiger partial charge in [-0.25, -0.2) is 13.1 Å². The van der Waals surface area contributed by atoms with E-state index in [1.165, 1.54) is 32.2 Å². The van der Waals surface area contributed by atoms with Crippen LogP contribution in [0.15, 0.2) is 83.4 Å². The molecule has 0 spiro atoms. The molecule has 4 rings (SSSR count). The molecule has 12 heteroatoms. The molecule has 226 valence electrons. The topological polar surface area (TPSA) is 106 Å². The summed E-state index contributed by atoms with van der Waals surface area (Å²) < 4.78 is 72.8. The molecule has 0 bridgehead atoms. The third-order valence-corrected chi connectivity index (χ3v) is 8.30. The molecule has 0 saturated carbocycles. The summed E-state index contributed by atoms with van der Waals surface area (Å²) in [6.45, 7) is 2.68. The average Bonchev–Trinajstić information content (AvgIpc) is 3.24. The fourth-order valence-electron chi connectivity index (χ4n) is 4.74. The monoisotopic (exact) mass is 613 g/mol. The lowest BCUT2D eigenvalue weighted by molar-refractivity contribution is -0.0805. The number of aryl methyl sites for hydroxylation is 2. The number of allylic oxidation sites excluding steroid dienone is 1. The molecule has 0 aliphatic heterocycles. The van der Waals surface area contributed by atoms with Gasteiger partial charge in [0.1, 0.15) is 5.75 Å². The van der Waals surface area contributed by atoms with Gasteiger partial charge < -0.3 is 14.6 Å². The number of amides is 2. The van der Waals surface area contributed by atoms with Gasteiger partial charge in [-0.1, -0.05) is 24.3 Å². The molecule has 43 heavy (non-hydrogen) atoms. The quantitative estimate of drug-likeness (QED) is 0.245. The maximum atomic E-state index is 12.9. The Morgan fingerprint density at radius 2 is 1.65 bits per heavy atom. The van der Waals surface area contributed by atoms with Gasteiger partial charge in [0.05, 0.1) is 12.0 Å². The Balaban J connectivity index is 1.56. The van der Waals surface area contributed by atoms with E-state index in [0.29, 0.717) is 23.3 Å². The lowest BCUT2D eigenvalue weighted by Crippen LogP contribution is -2.31. The van der Waals surface area contributed by atoms with Gasteiger partial charge in [0.25, 0.3) is 21.8 Å². The largest absolute Gasteiger partial charge is 0.496 e. The number of aromatic nitrogens is 1. The van der Waals surface area contributed by atoms with Crippen LogP contribution in [0.25, 0.3) is 10.9 Å². The van der Waals surface area contributed by atoms with Gasteiger partial charge >= 0.3 is 6.18 Å². The van der Waals surface area contributed by atoms with Crippen LogP contribution in [0.2, 0.25) is 0 Å². The Morgan fingerprint density at radius 3 is 2.33 bits per heavy atom. The van der Waals surface area contributed by atoms with Gasteiger partial charge in [-0.15, -0.1) is 0 Å². The predicted molar refractivity (Wildman–Crippen MR) is 157 cm³/mol. The van der Waals surface area contributed by atoms with E-state index in [1.54, 1.807) is 49.4 Å². The molecule has 0 unspecified atom stereocenters. The summed E-state index contributed by atoms with van der Waals surface area (Å²) in [7, 11) is -0.816. The van der Waals surface area contributed by atoms with Crippen LogP contribution in [-0.2, 0) is 23.5 Å². The van der Waals surface area contributed by atoms with Crippen LogP contribution in [0.4, 0.5) is 13.2 Å². The lowest BCUT2D eigenvalue weighted by Gasteiger charge is -2.12. The number of carbonyl (C=O) groups excluding carboxylic acids is 2. The van der Waals surface area contributed by atoms with Crippen molar-refractivity contribution in [1.82, 2.24) is 14.6 Å². The Labute approximate surface area is 247 Å². The van der Waals surface area contributed by atoms with E-state index in [9.17, 15) is 31.2 Å². The fourth-order valence-corrected chi connectivity index (χ4v) is 5.96. The number of methoxy groups -OCH3 is 1. The van der Waals surface area contributed by atoms with Crippen LogP contribution in [0.1, 0.15) is 44.3 Å². The van der Waals surface area contributed by atoms with Crippen LogP contribution in [0.3, 0.4) is 0 Å². The zero-order valence-corrected chi connectivity index (χ0v) is 24.7. The minimum absolute atomic E-state index is 0.00356. The second-order valence-corrected chi connectivity index (χ2v) is 11.8. The molecule has 3 aromatic carbocycles. The molecule has 8 nitrogen and oxygen atoms in total. The van der Waals surface area contributed by atoms with Gasteiger partial charge in [-0.3, -0.25) is 9.59 Å². The molecule has 2 N–H and O–H groups in total. The zero-order chi connectivity index (χ0) is 31.5. The molecule has 1 aromatic heterocycles. The summed E-state index contributed by atoms with van der Waals surface area (Å²) >= 11 is 0. The average molecular weight is 614 g/mol. The molecule has 0 fully saturated rings. The number of benzene rings is 3. The number of fused-ring (bicyclic) bond motifs is 1. The first-order valence-electron chi connectivity index (χ1n) is 13.1. The zero-order valence-electron chi connectivity index (χ0n) is 23.9. The summed E-state index contributed by atoms with van der Waals surface area (Å²) in [5.74, 6) is -0.965. The summed E-state index contributed by atoms with van der Waals surface area (Å²) in [6.07, 6.45) is -2.08. The summed E-state index contributed by atoms with van der Waals surface area (Å²) in [6, 6.07) is 16.0. The van der Waals surface area contributed by atoms with Crippen molar-refractivity contribution < 1.29 is 35.9 Å². The number of nitrogens with one attached hydrogen (secondary N) is 2. The third-order valence-electron chi connectivity index (χ3n) is 6.81. The number of rotatable bonds is 9. The first-order valence-corrected chi connectivity index (χ1v) is 14.6. The number of nitrogens with zero attached hydrogens (tertiary/aromatic N) is 1. The minimum Gasteiger partial charge on any atom is -0.496 e. The lowest BCUT2D eigenvalue weighted by atomic mass is 10.0. The van der Waals surface area contributed by atoms with Gasteiger partial charge in [-0.2, -0.15) is 13.2 Å². The van der Waals surface area contributed by atoms with Gasteiger partial charge in [0, 0.05) is 54.3 Å². The van der Waals surface area contributed by atoms with Crippen molar-refractivity contribution in [2.24, 2.45) is 7.05 Å². The van der Waals surface area contributed by atoms with Gasteiger partial charge in [-0.05, 0) is 72.5 Å². The Kier molecular flexibility index (Phi) is 9.00.